The molecule has 25 heavy (non-hydrogen) atoms. The largest absolute Gasteiger partial charge is 0.375 e. The molecule has 0 saturated heterocycles. The van der Waals surface area contributed by atoms with Gasteiger partial charge in [-0.1, -0.05) is 19.1 Å². The van der Waals surface area contributed by atoms with Crippen molar-refractivity contribution >= 4 is 17.3 Å². The van der Waals surface area contributed by atoms with Crippen LogP contribution in [0.15, 0.2) is 35.5 Å². The molecule has 1 heterocycles. The van der Waals surface area contributed by atoms with Crippen molar-refractivity contribution in [3.63, 3.8) is 0 Å². The van der Waals surface area contributed by atoms with E-state index < -0.39 is 0 Å². The maximum absolute atomic E-state index is 13.1. The standard InChI is InChI=1S/C18H25FN4OS/c1-4-15-10-21-17(25-15)12-23-18(20-5-2)22-11-16(24-3)13-6-8-14(19)9-7-13/h6-10,16H,4-5,11-12H2,1-3H3,(H2,20,22,23). The Morgan fingerprint density at radius 3 is 2.64 bits per heavy atom. The molecular formula is C18H25FN4OS. The van der Waals surface area contributed by atoms with E-state index in [2.05, 4.69) is 27.5 Å². The van der Waals surface area contributed by atoms with Crippen LogP contribution in [0.3, 0.4) is 0 Å². The van der Waals surface area contributed by atoms with Gasteiger partial charge in [-0.2, -0.15) is 0 Å². The van der Waals surface area contributed by atoms with E-state index in [1.165, 1.54) is 17.0 Å². The smallest absolute Gasteiger partial charge is 0.191 e. The molecule has 7 heteroatoms. The Labute approximate surface area is 152 Å². The molecule has 0 amide bonds. The van der Waals surface area contributed by atoms with Crippen molar-refractivity contribution in [3.8, 4) is 0 Å². The third kappa shape index (κ3) is 6.10. The summed E-state index contributed by atoms with van der Waals surface area (Å²) in [4.78, 5) is 10.2. The molecule has 1 aromatic carbocycles. The van der Waals surface area contributed by atoms with Gasteiger partial charge < -0.3 is 15.4 Å². The fourth-order valence-electron chi connectivity index (χ4n) is 2.28. The number of methoxy groups -OCH3 is 1. The molecule has 0 spiro atoms. The minimum absolute atomic E-state index is 0.184. The van der Waals surface area contributed by atoms with Crippen molar-refractivity contribution in [2.24, 2.45) is 4.99 Å². The molecule has 0 radical (unpaired) electrons. The van der Waals surface area contributed by atoms with E-state index in [-0.39, 0.29) is 11.9 Å². The summed E-state index contributed by atoms with van der Waals surface area (Å²) in [6, 6.07) is 6.34. The zero-order valence-electron chi connectivity index (χ0n) is 14.9. The summed E-state index contributed by atoms with van der Waals surface area (Å²) in [5, 5.41) is 7.48. The Hall–Kier alpha value is -1.99. The average Bonchev–Trinajstić information content (AvgIpc) is 3.09. The third-order valence-electron chi connectivity index (χ3n) is 3.65. The Balaban J connectivity index is 1.96. The highest BCUT2D eigenvalue weighted by atomic mass is 32.1. The number of aliphatic imine (C=N–C) groups is 1. The van der Waals surface area contributed by atoms with Crippen molar-refractivity contribution in [1.82, 2.24) is 15.6 Å². The van der Waals surface area contributed by atoms with Gasteiger partial charge in [-0.3, -0.25) is 0 Å². The average molecular weight is 364 g/mol. The second-order valence-electron chi connectivity index (χ2n) is 5.43. The molecule has 1 atom stereocenters. The minimum Gasteiger partial charge on any atom is -0.375 e. The van der Waals surface area contributed by atoms with Gasteiger partial charge in [0, 0.05) is 31.3 Å². The van der Waals surface area contributed by atoms with Gasteiger partial charge in [-0.05, 0) is 31.0 Å². The van der Waals surface area contributed by atoms with Crippen LogP contribution in [0.1, 0.15) is 35.4 Å². The van der Waals surface area contributed by atoms with Gasteiger partial charge in [0.25, 0.3) is 0 Å². The molecule has 0 aliphatic rings. The second-order valence-corrected chi connectivity index (χ2v) is 6.63. The summed E-state index contributed by atoms with van der Waals surface area (Å²) in [5.74, 6) is 0.455. The summed E-state index contributed by atoms with van der Waals surface area (Å²) in [5.41, 5.74) is 0.916. The number of nitrogens with zero attached hydrogens (tertiary/aromatic N) is 2. The first kappa shape index (κ1) is 19.3. The van der Waals surface area contributed by atoms with Crippen molar-refractivity contribution < 1.29 is 9.13 Å². The summed E-state index contributed by atoms with van der Waals surface area (Å²) >= 11 is 1.69. The molecule has 0 aliphatic carbocycles. The highest BCUT2D eigenvalue weighted by Crippen LogP contribution is 2.16. The maximum Gasteiger partial charge on any atom is 0.191 e. The SMILES string of the molecule is CCNC(=NCc1ncc(CC)s1)NCC(OC)c1ccc(F)cc1. The lowest BCUT2D eigenvalue weighted by Gasteiger charge is -2.18. The van der Waals surface area contributed by atoms with Crippen LogP contribution >= 0.6 is 11.3 Å². The topological polar surface area (TPSA) is 58.5 Å². The van der Waals surface area contributed by atoms with Crippen molar-refractivity contribution in [3.05, 3.63) is 51.7 Å². The Morgan fingerprint density at radius 1 is 1.28 bits per heavy atom. The van der Waals surface area contributed by atoms with Crippen molar-refractivity contribution in [2.45, 2.75) is 32.9 Å². The zero-order valence-corrected chi connectivity index (χ0v) is 15.7. The number of hydrogen-bond donors (Lipinski definition) is 2. The zero-order chi connectivity index (χ0) is 18.1. The van der Waals surface area contributed by atoms with Crippen molar-refractivity contribution in [1.29, 1.82) is 0 Å². The molecule has 2 rings (SSSR count). The van der Waals surface area contributed by atoms with E-state index in [0.29, 0.717) is 19.0 Å². The van der Waals surface area contributed by atoms with E-state index in [1.54, 1.807) is 30.6 Å². The van der Waals surface area contributed by atoms with Crippen LogP contribution in [0.5, 0.6) is 0 Å². The summed E-state index contributed by atoms with van der Waals surface area (Å²) in [7, 11) is 1.64. The number of guanidine groups is 1. The second kappa shape index (κ2) is 10.1. The number of rotatable bonds is 8. The van der Waals surface area contributed by atoms with Crippen LogP contribution in [-0.4, -0.2) is 31.1 Å². The van der Waals surface area contributed by atoms with Crippen LogP contribution in [0, 0.1) is 5.82 Å². The first-order chi connectivity index (χ1) is 12.2. The third-order valence-corrected chi connectivity index (χ3v) is 4.77. The van der Waals surface area contributed by atoms with E-state index in [4.69, 9.17) is 4.74 Å². The normalized spacial score (nSPS) is 12.9. The van der Waals surface area contributed by atoms with Gasteiger partial charge in [-0.25, -0.2) is 14.4 Å². The molecule has 0 saturated carbocycles. The fraction of sp³-hybridized carbons (Fsp3) is 0.444. The predicted octanol–water partition coefficient (Wildman–Crippen LogP) is 3.29. The van der Waals surface area contributed by atoms with Gasteiger partial charge in [0.05, 0.1) is 12.6 Å². The number of nitrogens with one attached hydrogen (secondary N) is 2. The van der Waals surface area contributed by atoms with Gasteiger partial charge in [0.15, 0.2) is 5.96 Å². The van der Waals surface area contributed by atoms with E-state index in [9.17, 15) is 4.39 Å². The van der Waals surface area contributed by atoms with Crippen LogP contribution in [0.2, 0.25) is 0 Å². The Bertz CT molecular complexity index is 672. The predicted molar refractivity (Wildman–Crippen MR) is 100 cm³/mol. The monoisotopic (exact) mass is 364 g/mol. The van der Waals surface area contributed by atoms with Gasteiger partial charge in [0.1, 0.15) is 10.8 Å². The van der Waals surface area contributed by atoms with E-state index in [0.717, 1.165) is 23.5 Å². The molecule has 0 bridgehead atoms. The number of ether oxygens (including phenoxy) is 1. The van der Waals surface area contributed by atoms with E-state index >= 15 is 0 Å². The molecule has 136 valence electrons. The number of benzene rings is 1. The molecular weight excluding hydrogens is 339 g/mol. The first-order valence-electron chi connectivity index (χ1n) is 8.40. The molecule has 2 N–H and O–H groups in total. The minimum atomic E-state index is -0.253. The van der Waals surface area contributed by atoms with Gasteiger partial charge in [-0.15, -0.1) is 11.3 Å². The van der Waals surface area contributed by atoms with Gasteiger partial charge in [0.2, 0.25) is 0 Å². The molecule has 0 aliphatic heterocycles. The van der Waals surface area contributed by atoms with E-state index in [1.807, 2.05) is 13.1 Å². The van der Waals surface area contributed by atoms with Crippen LogP contribution < -0.4 is 10.6 Å². The van der Waals surface area contributed by atoms with Gasteiger partial charge >= 0.3 is 0 Å². The van der Waals surface area contributed by atoms with Crippen LogP contribution in [0.4, 0.5) is 4.39 Å². The number of thiazole rings is 1. The van der Waals surface area contributed by atoms with Crippen LogP contribution in [-0.2, 0) is 17.7 Å². The highest BCUT2D eigenvalue weighted by Gasteiger charge is 2.11. The lowest BCUT2D eigenvalue weighted by molar-refractivity contribution is 0.106. The summed E-state index contributed by atoms with van der Waals surface area (Å²) < 4.78 is 18.6. The highest BCUT2D eigenvalue weighted by molar-refractivity contribution is 7.11. The molecule has 1 aromatic heterocycles. The first-order valence-corrected chi connectivity index (χ1v) is 9.21. The quantitative estimate of drug-likeness (QED) is 0.557. The maximum atomic E-state index is 13.1. The van der Waals surface area contributed by atoms with Crippen LogP contribution in [0.25, 0.3) is 0 Å². The number of hydrogen-bond acceptors (Lipinski definition) is 4. The Kier molecular flexibility index (Phi) is 7.81. The summed E-state index contributed by atoms with van der Waals surface area (Å²) in [6.45, 7) is 5.97. The lowest BCUT2D eigenvalue weighted by atomic mass is 10.1. The molecule has 5 nitrogen and oxygen atoms in total. The Morgan fingerprint density at radius 2 is 2.04 bits per heavy atom. The fourth-order valence-corrected chi connectivity index (χ4v) is 3.06. The molecule has 0 fully saturated rings. The number of halogens is 1. The number of aryl methyl sites for hydroxylation is 1. The molecule has 1 unspecified atom stereocenters. The molecule has 2 aromatic rings. The van der Waals surface area contributed by atoms with Crippen molar-refractivity contribution in [2.75, 3.05) is 20.2 Å². The lowest BCUT2D eigenvalue weighted by Crippen LogP contribution is -2.39. The summed E-state index contributed by atoms with van der Waals surface area (Å²) in [6.07, 6.45) is 2.72. The number of aromatic nitrogens is 1.